The van der Waals surface area contributed by atoms with Crippen molar-refractivity contribution in [3.8, 4) is 5.75 Å². The molecule has 0 aromatic heterocycles. The summed E-state index contributed by atoms with van der Waals surface area (Å²) in [6.07, 6.45) is 0.791. The Bertz CT molecular complexity index is 808. The molecular formula is C20H22BrN3O2. The number of halogens is 1. The summed E-state index contributed by atoms with van der Waals surface area (Å²) in [6.45, 7) is 1.57. The molecule has 3 rings (SSSR count). The Hall–Kier alpha value is -2.18. The maximum Gasteiger partial charge on any atom is 0.256 e. The van der Waals surface area contributed by atoms with Gasteiger partial charge < -0.3 is 4.74 Å². The highest BCUT2D eigenvalue weighted by atomic mass is 79.9. The van der Waals surface area contributed by atoms with E-state index >= 15 is 0 Å². The molecule has 136 valence electrons. The lowest BCUT2D eigenvalue weighted by Crippen LogP contribution is -2.34. The maximum absolute atomic E-state index is 12.6. The van der Waals surface area contributed by atoms with Gasteiger partial charge in [-0.05, 0) is 30.8 Å². The Kier molecular flexibility index (Phi) is 6.06. The van der Waals surface area contributed by atoms with E-state index in [0.717, 1.165) is 33.5 Å². The van der Waals surface area contributed by atoms with E-state index < -0.39 is 0 Å². The first kappa shape index (κ1) is 18.6. The standard InChI is InChI=1S/C20H22BrN3O2/c1-23(13-16-12-17(21)8-9-19(16)26-2)14-20(25)24-11-10-18(22-24)15-6-4-3-5-7-15/h3-9,12H,10-11,13-14H2,1-2H3. The minimum Gasteiger partial charge on any atom is -0.496 e. The first-order chi connectivity index (χ1) is 12.6. The number of amides is 1. The van der Waals surface area contributed by atoms with E-state index in [1.165, 1.54) is 0 Å². The highest BCUT2D eigenvalue weighted by molar-refractivity contribution is 9.10. The molecule has 1 heterocycles. The van der Waals surface area contributed by atoms with E-state index in [2.05, 4.69) is 21.0 Å². The fourth-order valence-corrected chi connectivity index (χ4v) is 3.41. The number of hydrazone groups is 1. The average molecular weight is 416 g/mol. The number of likely N-dealkylation sites (N-methyl/N-ethyl adjacent to an activating group) is 1. The number of rotatable bonds is 6. The van der Waals surface area contributed by atoms with E-state index in [0.29, 0.717) is 19.6 Å². The molecule has 26 heavy (non-hydrogen) atoms. The van der Waals surface area contributed by atoms with Gasteiger partial charge in [-0.25, -0.2) is 5.01 Å². The van der Waals surface area contributed by atoms with Crippen LogP contribution in [0.25, 0.3) is 0 Å². The zero-order valence-electron chi connectivity index (χ0n) is 15.0. The van der Waals surface area contributed by atoms with Crippen LogP contribution in [0.2, 0.25) is 0 Å². The van der Waals surface area contributed by atoms with Gasteiger partial charge in [0.05, 0.1) is 25.9 Å². The lowest BCUT2D eigenvalue weighted by Gasteiger charge is -2.20. The van der Waals surface area contributed by atoms with Gasteiger partial charge in [0, 0.05) is 23.0 Å². The van der Waals surface area contributed by atoms with Gasteiger partial charge in [0.2, 0.25) is 0 Å². The van der Waals surface area contributed by atoms with Gasteiger partial charge in [-0.3, -0.25) is 9.69 Å². The second kappa shape index (κ2) is 8.47. The first-order valence-electron chi connectivity index (χ1n) is 8.51. The van der Waals surface area contributed by atoms with Crippen LogP contribution in [-0.4, -0.2) is 48.8 Å². The van der Waals surface area contributed by atoms with Crippen LogP contribution in [0.1, 0.15) is 17.5 Å². The predicted octanol–water partition coefficient (Wildman–Crippen LogP) is 3.53. The minimum absolute atomic E-state index is 0.00685. The summed E-state index contributed by atoms with van der Waals surface area (Å²) < 4.78 is 6.39. The summed E-state index contributed by atoms with van der Waals surface area (Å²) >= 11 is 3.48. The predicted molar refractivity (Wildman–Crippen MR) is 106 cm³/mol. The van der Waals surface area contributed by atoms with Crippen molar-refractivity contribution in [1.29, 1.82) is 0 Å². The topological polar surface area (TPSA) is 45.1 Å². The molecule has 0 aliphatic carbocycles. The van der Waals surface area contributed by atoms with Crippen molar-refractivity contribution in [3.63, 3.8) is 0 Å². The number of hydrogen-bond donors (Lipinski definition) is 0. The Morgan fingerprint density at radius 2 is 2.04 bits per heavy atom. The number of hydrogen-bond acceptors (Lipinski definition) is 4. The van der Waals surface area contributed by atoms with Gasteiger partial charge in [0.25, 0.3) is 5.91 Å². The summed E-state index contributed by atoms with van der Waals surface area (Å²) in [4.78, 5) is 14.6. The number of methoxy groups -OCH3 is 1. The van der Waals surface area contributed by atoms with Crippen LogP contribution in [0, 0.1) is 0 Å². The van der Waals surface area contributed by atoms with Crippen molar-refractivity contribution in [1.82, 2.24) is 9.91 Å². The third kappa shape index (κ3) is 4.51. The molecule has 2 aromatic rings. The van der Waals surface area contributed by atoms with Crippen molar-refractivity contribution in [2.75, 3.05) is 27.2 Å². The quantitative estimate of drug-likeness (QED) is 0.724. The van der Waals surface area contributed by atoms with Crippen LogP contribution in [0.15, 0.2) is 58.1 Å². The van der Waals surface area contributed by atoms with Crippen LogP contribution in [0.5, 0.6) is 5.75 Å². The lowest BCUT2D eigenvalue weighted by molar-refractivity contribution is -0.131. The van der Waals surface area contributed by atoms with Crippen molar-refractivity contribution >= 4 is 27.5 Å². The normalized spacial score (nSPS) is 13.8. The molecule has 5 nitrogen and oxygen atoms in total. The molecule has 0 unspecified atom stereocenters. The fraction of sp³-hybridized carbons (Fsp3) is 0.300. The number of carbonyl (C=O) groups is 1. The average Bonchev–Trinajstić information content (AvgIpc) is 3.13. The molecule has 0 fully saturated rings. The zero-order valence-corrected chi connectivity index (χ0v) is 16.6. The monoisotopic (exact) mass is 415 g/mol. The zero-order chi connectivity index (χ0) is 18.5. The number of nitrogens with zero attached hydrogens (tertiary/aromatic N) is 3. The van der Waals surface area contributed by atoms with Crippen molar-refractivity contribution in [3.05, 3.63) is 64.1 Å². The highest BCUT2D eigenvalue weighted by Crippen LogP contribution is 2.24. The molecule has 6 heteroatoms. The Morgan fingerprint density at radius 3 is 2.77 bits per heavy atom. The molecule has 2 aromatic carbocycles. The number of carbonyl (C=O) groups excluding carboxylic acids is 1. The van der Waals surface area contributed by atoms with Crippen molar-refractivity contribution in [2.24, 2.45) is 5.10 Å². The summed E-state index contributed by atoms with van der Waals surface area (Å²) in [5, 5.41) is 6.09. The second-order valence-electron chi connectivity index (χ2n) is 6.31. The molecule has 0 radical (unpaired) electrons. The van der Waals surface area contributed by atoms with Crippen LogP contribution in [0.3, 0.4) is 0 Å². The molecule has 0 saturated heterocycles. The highest BCUT2D eigenvalue weighted by Gasteiger charge is 2.22. The van der Waals surface area contributed by atoms with Gasteiger partial charge in [0.1, 0.15) is 5.75 Å². The Balaban J connectivity index is 1.62. The Labute approximate surface area is 162 Å². The minimum atomic E-state index is 0.00685. The van der Waals surface area contributed by atoms with E-state index in [4.69, 9.17) is 4.74 Å². The van der Waals surface area contributed by atoms with E-state index in [1.54, 1.807) is 12.1 Å². The third-order valence-electron chi connectivity index (χ3n) is 4.28. The molecule has 0 atom stereocenters. The Morgan fingerprint density at radius 1 is 1.27 bits per heavy atom. The van der Waals surface area contributed by atoms with Crippen molar-refractivity contribution in [2.45, 2.75) is 13.0 Å². The molecule has 0 bridgehead atoms. The summed E-state index contributed by atoms with van der Waals surface area (Å²) in [6, 6.07) is 15.9. The van der Waals surface area contributed by atoms with E-state index in [1.807, 2.05) is 60.5 Å². The molecule has 0 spiro atoms. The number of ether oxygens (including phenoxy) is 1. The SMILES string of the molecule is COc1ccc(Br)cc1CN(C)CC(=O)N1CCC(c2ccccc2)=N1. The number of benzene rings is 2. The smallest absolute Gasteiger partial charge is 0.256 e. The van der Waals surface area contributed by atoms with Crippen LogP contribution in [0.4, 0.5) is 0 Å². The van der Waals surface area contributed by atoms with Crippen molar-refractivity contribution < 1.29 is 9.53 Å². The largest absolute Gasteiger partial charge is 0.496 e. The molecule has 0 N–H and O–H groups in total. The van der Waals surface area contributed by atoms with Gasteiger partial charge >= 0.3 is 0 Å². The second-order valence-corrected chi connectivity index (χ2v) is 7.22. The van der Waals surface area contributed by atoms with Crippen LogP contribution in [-0.2, 0) is 11.3 Å². The van der Waals surface area contributed by atoms with Gasteiger partial charge in [-0.1, -0.05) is 46.3 Å². The fourth-order valence-electron chi connectivity index (χ4n) is 3.00. The summed E-state index contributed by atoms with van der Waals surface area (Å²) in [5.41, 5.74) is 3.08. The summed E-state index contributed by atoms with van der Waals surface area (Å²) in [7, 11) is 3.58. The van der Waals surface area contributed by atoms with Crippen LogP contribution >= 0.6 is 15.9 Å². The first-order valence-corrected chi connectivity index (χ1v) is 9.30. The molecule has 1 aliphatic heterocycles. The van der Waals surface area contributed by atoms with E-state index in [-0.39, 0.29) is 5.91 Å². The van der Waals surface area contributed by atoms with Gasteiger partial charge in [-0.2, -0.15) is 5.10 Å². The third-order valence-corrected chi connectivity index (χ3v) is 4.78. The molecule has 0 saturated carbocycles. The molecular weight excluding hydrogens is 394 g/mol. The molecule has 1 aliphatic rings. The van der Waals surface area contributed by atoms with Crippen LogP contribution < -0.4 is 4.74 Å². The van der Waals surface area contributed by atoms with Gasteiger partial charge in [-0.15, -0.1) is 0 Å². The maximum atomic E-state index is 12.6. The lowest BCUT2D eigenvalue weighted by atomic mass is 10.1. The summed E-state index contributed by atoms with van der Waals surface area (Å²) in [5.74, 6) is 0.824. The molecule has 1 amide bonds. The van der Waals surface area contributed by atoms with Gasteiger partial charge in [0.15, 0.2) is 0 Å². The van der Waals surface area contributed by atoms with E-state index in [9.17, 15) is 4.79 Å².